The van der Waals surface area contributed by atoms with Crippen LogP contribution in [0.5, 0.6) is 11.5 Å². The lowest BCUT2D eigenvalue weighted by molar-refractivity contribution is -0.384. The van der Waals surface area contributed by atoms with Gasteiger partial charge < -0.3 is 14.8 Å². The zero-order chi connectivity index (χ0) is 23.8. The third-order valence-electron chi connectivity index (χ3n) is 4.50. The lowest BCUT2D eigenvalue weighted by Crippen LogP contribution is -2.14. The van der Waals surface area contributed by atoms with Crippen LogP contribution in [-0.2, 0) is 11.4 Å². The minimum atomic E-state index is -0.757. The van der Waals surface area contributed by atoms with E-state index in [1.807, 2.05) is 0 Å². The number of para-hydroxylation sites is 1. The Balaban J connectivity index is 1.76. The molecule has 0 aliphatic rings. The average Bonchev–Trinajstić information content (AvgIpc) is 2.83. The fraction of sp³-hybridized carbons (Fsp3) is 0.0833. The summed E-state index contributed by atoms with van der Waals surface area (Å²) in [5, 5.41) is 22.7. The summed E-state index contributed by atoms with van der Waals surface area (Å²) < 4.78 is 24.8. The summed E-state index contributed by atoms with van der Waals surface area (Å²) in [6.45, 7) is 0.0711. The first-order valence-corrected chi connectivity index (χ1v) is 9.63. The van der Waals surface area contributed by atoms with Crippen LogP contribution in [0.4, 0.5) is 15.8 Å². The van der Waals surface area contributed by atoms with Gasteiger partial charge in [0.25, 0.3) is 11.6 Å². The third kappa shape index (κ3) is 5.92. The monoisotopic (exact) mass is 447 g/mol. The van der Waals surface area contributed by atoms with Gasteiger partial charge in [0.1, 0.15) is 24.1 Å². The molecule has 0 saturated carbocycles. The summed E-state index contributed by atoms with van der Waals surface area (Å²) in [6.07, 6.45) is 1.34. The van der Waals surface area contributed by atoms with Crippen LogP contribution < -0.4 is 14.8 Å². The first-order valence-electron chi connectivity index (χ1n) is 9.63. The van der Waals surface area contributed by atoms with E-state index in [0.717, 1.165) is 0 Å². The van der Waals surface area contributed by atoms with E-state index in [-0.39, 0.29) is 23.6 Å². The Bertz CT molecular complexity index is 1270. The normalized spacial score (nSPS) is 10.8. The number of amides is 1. The summed E-state index contributed by atoms with van der Waals surface area (Å²) in [6, 6.07) is 18.3. The van der Waals surface area contributed by atoms with Gasteiger partial charge in [-0.2, -0.15) is 5.26 Å². The SMILES string of the molecule is COc1cc(/C=C(/C#N)C(=O)Nc2ccccc2F)ccc1OCc1cccc([N+](=O)[O-])c1. The molecule has 9 heteroatoms. The smallest absolute Gasteiger partial charge is 0.269 e. The minimum Gasteiger partial charge on any atom is -0.493 e. The van der Waals surface area contributed by atoms with Crippen molar-refractivity contribution in [3.8, 4) is 17.6 Å². The second kappa shape index (κ2) is 10.5. The van der Waals surface area contributed by atoms with Crippen molar-refractivity contribution >= 4 is 23.4 Å². The molecule has 1 N–H and O–H groups in total. The minimum absolute atomic E-state index is 0.0360. The van der Waals surface area contributed by atoms with Gasteiger partial charge in [-0.25, -0.2) is 4.39 Å². The van der Waals surface area contributed by atoms with E-state index in [4.69, 9.17) is 9.47 Å². The van der Waals surface area contributed by atoms with Gasteiger partial charge in [0.2, 0.25) is 0 Å². The summed E-state index contributed by atoms with van der Waals surface area (Å²) >= 11 is 0. The molecule has 3 aromatic rings. The van der Waals surface area contributed by atoms with E-state index in [1.54, 1.807) is 42.5 Å². The molecule has 1 amide bonds. The highest BCUT2D eigenvalue weighted by Crippen LogP contribution is 2.30. The number of nitrogens with zero attached hydrogens (tertiary/aromatic N) is 2. The zero-order valence-corrected chi connectivity index (χ0v) is 17.4. The summed E-state index contributed by atoms with van der Waals surface area (Å²) in [7, 11) is 1.43. The van der Waals surface area contributed by atoms with Crippen molar-refractivity contribution in [2.75, 3.05) is 12.4 Å². The van der Waals surface area contributed by atoms with Crippen molar-refractivity contribution in [1.82, 2.24) is 0 Å². The Morgan fingerprint density at radius 1 is 1.15 bits per heavy atom. The highest BCUT2D eigenvalue weighted by atomic mass is 19.1. The molecule has 3 rings (SSSR count). The number of methoxy groups -OCH3 is 1. The molecule has 33 heavy (non-hydrogen) atoms. The van der Waals surface area contributed by atoms with Gasteiger partial charge in [0, 0.05) is 12.1 Å². The number of halogens is 1. The van der Waals surface area contributed by atoms with Crippen LogP contribution in [0.25, 0.3) is 6.08 Å². The highest BCUT2D eigenvalue weighted by molar-refractivity contribution is 6.09. The first kappa shape index (κ1) is 23.0. The quantitative estimate of drug-likeness (QED) is 0.228. The van der Waals surface area contributed by atoms with E-state index in [2.05, 4.69) is 5.32 Å². The molecule has 0 atom stereocenters. The van der Waals surface area contributed by atoms with Gasteiger partial charge in [0.05, 0.1) is 17.7 Å². The molecule has 0 aromatic heterocycles. The molecule has 3 aromatic carbocycles. The number of carbonyl (C=O) groups excluding carboxylic acids is 1. The number of hydrogen-bond acceptors (Lipinski definition) is 6. The maximum absolute atomic E-state index is 13.8. The number of rotatable bonds is 8. The van der Waals surface area contributed by atoms with Crippen molar-refractivity contribution < 1.29 is 23.6 Å². The highest BCUT2D eigenvalue weighted by Gasteiger charge is 2.13. The predicted octanol–water partition coefficient (Wildman–Crippen LogP) is 4.87. The van der Waals surface area contributed by atoms with Crippen LogP contribution in [0.3, 0.4) is 0 Å². The van der Waals surface area contributed by atoms with Gasteiger partial charge in [-0.05, 0) is 41.5 Å². The van der Waals surface area contributed by atoms with E-state index in [9.17, 15) is 24.6 Å². The molecule has 0 saturated heterocycles. The molecule has 0 aliphatic carbocycles. The lowest BCUT2D eigenvalue weighted by atomic mass is 10.1. The van der Waals surface area contributed by atoms with Gasteiger partial charge in [-0.15, -0.1) is 0 Å². The standard InChI is InChI=1S/C24H18FN3O5/c1-32-23-13-16(11-18(14-26)24(29)27-21-8-3-2-7-20(21)25)9-10-22(23)33-15-17-5-4-6-19(12-17)28(30)31/h2-13H,15H2,1H3,(H,27,29)/b18-11-. The van der Waals surface area contributed by atoms with Gasteiger partial charge >= 0.3 is 0 Å². The number of hydrogen-bond donors (Lipinski definition) is 1. The van der Waals surface area contributed by atoms with E-state index in [1.165, 1.54) is 43.5 Å². The Morgan fingerprint density at radius 3 is 2.64 bits per heavy atom. The molecule has 0 heterocycles. The maximum Gasteiger partial charge on any atom is 0.269 e. The maximum atomic E-state index is 13.8. The van der Waals surface area contributed by atoms with Crippen LogP contribution in [0.1, 0.15) is 11.1 Å². The van der Waals surface area contributed by atoms with Crippen molar-refractivity contribution in [2.45, 2.75) is 6.61 Å². The molecule has 0 fully saturated rings. The van der Waals surface area contributed by atoms with E-state index < -0.39 is 16.6 Å². The second-order valence-corrected chi connectivity index (χ2v) is 6.73. The van der Waals surface area contributed by atoms with Crippen LogP contribution in [0.2, 0.25) is 0 Å². The van der Waals surface area contributed by atoms with Crippen molar-refractivity contribution in [3.63, 3.8) is 0 Å². The molecule has 0 aliphatic heterocycles. The predicted molar refractivity (Wildman–Crippen MR) is 119 cm³/mol. The number of nitriles is 1. The molecule has 0 spiro atoms. The number of anilines is 1. The van der Waals surface area contributed by atoms with Crippen molar-refractivity contribution in [2.24, 2.45) is 0 Å². The fourth-order valence-corrected chi connectivity index (χ4v) is 2.88. The van der Waals surface area contributed by atoms with E-state index in [0.29, 0.717) is 22.6 Å². The number of nitro benzene ring substituents is 1. The summed E-state index contributed by atoms with van der Waals surface area (Å²) in [5.74, 6) is -0.668. The third-order valence-corrected chi connectivity index (χ3v) is 4.50. The van der Waals surface area contributed by atoms with Crippen LogP contribution >= 0.6 is 0 Å². The van der Waals surface area contributed by atoms with Gasteiger partial charge in [0.15, 0.2) is 11.5 Å². The number of benzene rings is 3. The largest absolute Gasteiger partial charge is 0.493 e. The molecular weight excluding hydrogens is 429 g/mol. The fourth-order valence-electron chi connectivity index (χ4n) is 2.88. The Kier molecular flexibility index (Phi) is 7.34. The lowest BCUT2D eigenvalue weighted by Gasteiger charge is -2.12. The number of carbonyl (C=O) groups is 1. The molecular formula is C24H18FN3O5. The Hall–Kier alpha value is -4.71. The topological polar surface area (TPSA) is 114 Å². The number of non-ortho nitro benzene ring substituents is 1. The van der Waals surface area contributed by atoms with Crippen LogP contribution in [-0.4, -0.2) is 17.9 Å². The zero-order valence-electron chi connectivity index (χ0n) is 17.4. The van der Waals surface area contributed by atoms with Gasteiger partial charge in [-0.3, -0.25) is 14.9 Å². The Labute approximate surface area is 188 Å². The Morgan fingerprint density at radius 2 is 1.94 bits per heavy atom. The summed E-state index contributed by atoms with van der Waals surface area (Å²) in [4.78, 5) is 22.8. The van der Waals surface area contributed by atoms with Crippen molar-refractivity contribution in [1.29, 1.82) is 5.26 Å². The number of ether oxygens (including phenoxy) is 2. The van der Waals surface area contributed by atoms with Crippen LogP contribution in [0, 0.1) is 27.3 Å². The number of nitrogens with one attached hydrogen (secondary N) is 1. The van der Waals surface area contributed by atoms with Crippen LogP contribution in [0.15, 0.2) is 72.3 Å². The first-order chi connectivity index (χ1) is 15.9. The molecule has 166 valence electrons. The molecule has 0 bridgehead atoms. The molecule has 0 radical (unpaired) electrons. The van der Waals surface area contributed by atoms with E-state index >= 15 is 0 Å². The molecule has 0 unspecified atom stereocenters. The average molecular weight is 447 g/mol. The summed E-state index contributed by atoms with van der Waals surface area (Å²) in [5.41, 5.74) is 0.777. The second-order valence-electron chi connectivity index (χ2n) is 6.73. The number of nitro groups is 1. The molecule has 8 nitrogen and oxygen atoms in total. The van der Waals surface area contributed by atoms with Crippen molar-refractivity contribution in [3.05, 3.63) is 99.4 Å². The van der Waals surface area contributed by atoms with Gasteiger partial charge in [-0.1, -0.05) is 30.3 Å².